The minimum Gasteiger partial charge on any atom is -0.383 e. The Morgan fingerprint density at radius 3 is 2.74 bits per heavy atom. The van der Waals surface area contributed by atoms with Crippen LogP contribution in [0.2, 0.25) is 0 Å². The van der Waals surface area contributed by atoms with Crippen molar-refractivity contribution in [2.24, 2.45) is 7.05 Å². The van der Waals surface area contributed by atoms with Crippen molar-refractivity contribution in [2.45, 2.75) is 10.4 Å². The van der Waals surface area contributed by atoms with Gasteiger partial charge in [-0.25, -0.2) is 4.98 Å². The maximum absolute atomic E-state index is 12.2. The molecule has 0 fully saturated rings. The van der Waals surface area contributed by atoms with Crippen LogP contribution in [0.3, 0.4) is 0 Å². The molecule has 0 bridgehead atoms. The summed E-state index contributed by atoms with van der Waals surface area (Å²) in [6.07, 6.45) is 0. The highest BCUT2D eigenvalue weighted by molar-refractivity contribution is 7.99. The summed E-state index contributed by atoms with van der Waals surface area (Å²) in [4.78, 5) is 16.7. The van der Waals surface area contributed by atoms with Gasteiger partial charge in [0.1, 0.15) is 4.70 Å². The van der Waals surface area contributed by atoms with Crippen LogP contribution in [0.1, 0.15) is 0 Å². The molecule has 0 saturated heterocycles. The molecule has 19 heavy (non-hydrogen) atoms. The highest BCUT2D eigenvalue weighted by Gasteiger charge is 2.16. The van der Waals surface area contributed by atoms with Gasteiger partial charge in [-0.15, -0.1) is 11.3 Å². The molecule has 2 aromatic heterocycles. The average Bonchev–Trinajstić information content (AvgIpc) is 2.84. The van der Waals surface area contributed by atoms with Crippen molar-refractivity contribution in [1.82, 2.24) is 9.55 Å². The van der Waals surface area contributed by atoms with E-state index in [1.807, 2.05) is 11.4 Å². The van der Waals surface area contributed by atoms with Crippen LogP contribution in [0, 0.1) is 0 Å². The van der Waals surface area contributed by atoms with Crippen LogP contribution in [-0.4, -0.2) is 42.2 Å². The van der Waals surface area contributed by atoms with Crippen LogP contribution in [0.5, 0.6) is 0 Å². The Labute approximate surface area is 119 Å². The third kappa shape index (κ3) is 3.17. The number of thioether (sulfide) groups is 1. The van der Waals surface area contributed by atoms with Gasteiger partial charge in [-0.2, -0.15) is 0 Å². The van der Waals surface area contributed by atoms with E-state index in [9.17, 15) is 4.79 Å². The van der Waals surface area contributed by atoms with Crippen LogP contribution in [0.4, 0.5) is 0 Å². The van der Waals surface area contributed by atoms with Crippen LogP contribution >= 0.6 is 23.1 Å². The fourth-order valence-electron chi connectivity index (χ4n) is 1.71. The van der Waals surface area contributed by atoms with Crippen molar-refractivity contribution < 1.29 is 9.47 Å². The van der Waals surface area contributed by atoms with E-state index in [1.165, 1.54) is 23.1 Å². The normalized spacial score (nSPS) is 11.6. The van der Waals surface area contributed by atoms with Gasteiger partial charge in [-0.05, 0) is 11.4 Å². The maximum atomic E-state index is 12.2. The molecule has 0 spiro atoms. The number of hydrogen-bond acceptors (Lipinski definition) is 6. The largest absolute Gasteiger partial charge is 0.383 e. The number of nitrogens with zero attached hydrogens (tertiary/aromatic N) is 2. The highest BCUT2D eigenvalue weighted by Crippen LogP contribution is 2.24. The molecule has 0 saturated carbocycles. The maximum Gasteiger partial charge on any atom is 0.271 e. The summed E-state index contributed by atoms with van der Waals surface area (Å²) in [5.74, 6) is 0. The van der Waals surface area contributed by atoms with Crippen LogP contribution in [0.25, 0.3) is 10.2 Å². The van der Waals surface area contributed by atoms with Crippen molar-refractivity contribution in [3.05, 3.63) is 21.8 Å². The van der Waals surface area contributed by atoms with Gasteiger partial charge in [0.05, 0.1) is 24.0 Å². The summed E-state index contributed by atoms with van der Waals surface area (Å²) in [5, 5.41) is 2.69. The lowest BCUT2D eigenvalue weighted by Crippen LogP contribution is -2.23. The molecule has 5 nitrogen and oxygen atoms in total. The molecule has 7 heteroatoms. The second-order valence-corrected chi connectivity index (χ2v) is 6.23. The molecule has 0 aliphatic rings. The molecule has 0 aliphatic heterocycles. The van der Waals surface area contributed by atoms with E-state index in [0.717, 1.165) is 5.52 Å². The summed E-state index contributed by atoms with van der Waals surface area (Å²) in [7, 11) is 5.04. The van der Waals surface area contributed by atoms with E-state index in [2.05, 4.69) is 4.98 Å². The molecule has 0 amide bonds. The molecule has 0 unspecified atom stereocenters. The van der Waals surface area contributed by atoms with E-state index in [-0.39, 0.29) is 10.8 Å². The van der Waals surface area contributed by atoms with E-state index in [4.69, 9.17) is 9.47 Å². The van der Waals surface area contributed by atoms with E-state index < -0.39 is 0 Å². The van der Waals surface area contributed by atoms with Crippen LogP contribution in [-0.2, 0) is 16.5 Å². The summed E-state index contributed by atoms with van der Waals surface area (Å²) >= 11 is 2.93. The zero-order valence-electron chi connectivity index (χ0n) is 11.1. The predicted octanol–water partition coefficient (Wildman–Crippen LogP) is 1.75. The smallest absolute Gasteiger partial charge is 0.271 e. The molecule has 0 aliphatic carbocycles. The summed E-state index contributed by atoms with van der Waals surface area (Å²) < 4.78 is 12.6. The lowest BCUT2D eigenvalue weighted by Gasteiger charge is -2.15. The summed E-state index contributed by atoms with van der Waals surface area (Å²) in [6.45, 7) is 1.10. The molecular formula is C12H16N2O3S2. The first kappa shape index (κ1) is 14.5. The fourth-order valence-corrected chi connectivity index (χ4v) is 3.61. The first-order valence-corrected chi connectivity index (χ1v) is 7.52. The van der Waals surface area contributed by atoms with Gasteiger partial charge in [0.2, 0.25) is 0 Å². The lowest BCUT2D eigenvalue weighted by atomic mass is 10.5. The van der Waals surface area contributed by atoms with Crippen LogP contribution in [0.15, 0.2) is 21.4 Å². The number of ether oxygens (including phenoxy) is 2. The second-order valence-electron chi connectivity index (χ2n) is 4.04. The Balaban J connectivity index is 2.33. The fraction of sp³-hybridized carbons (Fsp3) is 0.500. The number of methoxy groups -OCH3 is 2. The van der Waals surface area contributed by atoms with Crippen molar-refractivity contribution >= 4 is 33.3 Å². The summed E-state index contributed by atoms with van der Waals surface area (Å²) in [5.41, 5.74) is 0.750. The van der Waals surface area contributed by atoms with Gasteiger partial charge in [0.25, 0.3) is 5.56 Å². The highest BCUT2D eigenvalue weighted by atomic mass is 32.2. The first-order valence-electron chi connectivity index (χ1n) is 5.76. The van der Waals surface area contributed by atoms with Gasteiger partial charge in [-0.3, -0.25) is 9.36 Å². The monoisotopic (exact) mass is 300 g/mol. The molecule has 0 atom stereocenters. The quantitative estimate of drug-likeness (QED) is 0.601. The number of thiophene rings is 1. The molecule has 104 valence electrons. The minimum absolute atomic E-state index is 0.00363. The van der Waals surface area contributed by atoms with E-state index >= 15 is 0 Å². The lowest BCUT2D eigenvalue weighted by molar-refractivity contribution is 0.144. The molecular weight excluding hydrogens is 284 g/mol. The van der Waals surface area contributed by atoms with Gasteiger partial charge in [0.15, 0.2) is 5.16 Å². The third-order valence-corrected chi connectivity index (χ3v) is 4.70. The number of rotatable bonds is 6. The molecule has 0 radical (unpaired) electrons. The Kier molecular flexibility index (Phi) is 4.98. The summed E-state index contributed by atoms with van der Waals surface area (Å²) in [6, 6.07) is 1.87. The first-order chi connectivity index (χ1) is 9.17. The topological polar surface area (TPSA) is 53.4 Å². The average molecular weight is 300 g/mol. The molecule has 2 rings (SSSR count). The molecule has 0 N–H and O–H groups in total. The van der Waals surface area contributed by atoms with Gasteiger partial charge < -0.3 is 9.47 Å². The number of hydrogen-bond donors (Lipinski definition) is 0. The van der Waals surface area contributed by atoms with Crippen molar-refractivity contribution in [3.63, 3.8) is 0 Å². The molecule has 2 aromatic rings. The Morgan fingerprint density at radius 2 is 2.11 bits per heavy atom. The van der Waals surface area contributed by atoms with Crippen molar-refractivity contribution in [2.75, 3.05) is 27.4 Å². The molecule has 2 heterocycles. The van der Waals surface area contributed by atoms with E-state index in [1.54, 1.807) is 25.8 Å². The van der Waals surface area contributed by atoms with Crippen molar-refractivity contribution in [1.29, 1.82) is 0 Å². The van der Waals surface area contributed by atoms with Crippen molar-refractivity contribution in [3.8, 4) is 0 Å². The zero-order valence-corrected chi connectivity index (χ0v) is 12.7. The third-order valence-electron chi connectivity index (χ3n) is 2.62. The Morgan fingerprint density at radius 1 is 1.42 bits per heavy atom. The molecule has 0 aromatic carbocycles. The predicted molar refractivity (Wildman–Crippen MR) is 78.3 cm³/mol. The second kappa shape index (κ2) is 6.51. The number of fused-ring (bicyclic) bond motifs is 1. The van der Waals surface area contributed by atoms with E-state index in [0.29, 0.717) is 23.1 Å². The standard InChI is InChI=1S/C12H16N2O3S2/c1-14-11(15)10-9(4-5-18-10)13-12(14)19-8(6-16-2)7-17-3/h4-5,8H,6-7H2,1-3H3. The van der Waals surface area contributed by atoms with Gasteiger partial charge >= 0.3 is 0 Å². The van der Waals surface area contributed by atoms with Gasteiger partial charge in [-0.1, -0.05) is 11.8 Å². The Bertz CT molecular complexity index is 603. The minimum atomic E-state index is -0.00363. The SMILES string of the molecule is COCC(COC)Sc1nc2ccsc2c(=O)n1C. The zero-order chi connectivity index (χ0) is 13.8. The van der Waals surface area contributed by atoms with Crippen LogP contribution < -0.4 is 5.56 Å². The number of aromatic nitrogens is 2. The van der Waals surface area contributed by atoms with Gasteiger partial charge in [0, 0.05) is 21.3 Å². The Hall–Kier alpha value is -0.890.